The number of nitrogens with two attached hydrogens (primary N) is 1. The van der Waals surface area contributed by atoms with Gasteiger partial charge in [-0.05, 0) is 31.6 Å². The molecule has 0 radical (unpaired) electrons. The second-order valence-corrected chi connectivity index (χ2v) is 5.63. The molecule has 1 saturated carbocycles. The number of hydrogen-bond donors (Lipinski definition) is 1. The van der Waals surface area contributed by atoms with Gasteiger partial charge in [0.25, 0.3) is 11.8 Å². The highest BCUT2D eigenvalue weighted by atomic mass is 32.1. The number of carbonyl (C=O) groups excluding carboxylic acids is 2. The minimum absolute atomic E-state index is 0.0638. The molecule has 1 heterocycles. The Bertz CT molecular complexity index is 373. The Kier molecular flexibility index (Phi) is 3.68. The van der Waals surface area contributed by atoms with Crippen molar-refractivity contribution in [3.63, 3.8) is 0 Å². The monoisotopic (exact) mass is 270 g/mol. The highest BCUT2D eigenvalue weighted by Crippen LogP contribution is 2.37. The highest BCUT2D eigenvalue weighted by molar-refractivity contribution is 7.80. The van der Waals surface area contributed by atoms with E-state index in [0.717, 1.165) is 12.8 Å². The number of ether oxygens (including phenoxy) is 1. The molecule has 2 rings (SSSR count). The molecule has 18 heavy (non-hydrogen) atoms. The van der Waals surface area contributed by atoms with Crippen molar-refractivity contribution in [2.24, 2.45) is 11.7 Å². The summed E-state index contributed by atoms with van der Waals surface area (Å²) in [5.74, 6) is -0.0686. The van der Waals surface area contributed by atoms with E-state index in [4.69, 9.17) is 22.7 Å². The van der Waals surface area contributed by atoms with E-state index in [1.807, 2.05) is 0 Å². The molecule has 2 N–H and O–H groups in total. The van der Waals surface area contributed by atoms with Gasteiger partial charge < -0.3 is 10.5 Å². The van der Waals surface area contributed by atoms with E-state index >= 15 is 0 Å². The van der Waals surface area contributed by atoms with Crippen molar-refractivity contribution in [1.29, 1.82) is 0 Å². The number of amides is 2. The fourth-order valence-electron chi connectivity index (χ4n) is 2.79. The van der Waals surface area contributed by atoms with E-state index in [0.29, 0.717) is 18.8 Å². The van der Waals surface area contributed by atoms with E-state index < -0.39 is 5.54 Å². The largest absolute Gasteiger partial charge is 0.391 e. The number of thiocarbonyl (C=S) groups is 1. The van der Waals surface area contributed by atoms with Crippen LogP contribution in [0.3, 0.4) is 0 Å². The Balaban J connectivity index is 2.32. The number of morpholine rings is 1. The molecular weight excluding hydrogens is 252 g/mol. The second kappa shape index (κ2) is 4.93. The Morgan fingerprint density at radius 2 is 1.83 bits per heavy atom. The van der Waals surface area contributed by atoms with Crippen molar-refractivity contribution in [1.82, 2.24) is 4.90 Å². The zero-order valence-corrected chi connectivity index (χ0v) is 11.3. The van der Waals surface area contributed by atoms with Gasteiger partial charge in [0.15, 0.2) is 0 Å². The number of hydrogen-bond acceptors (Lipinski definition) is 4. The van der Waals surface area contributed by atoms with Crippen LogP contribution in [-0.2, 0) is 14.3 Å². The number of nitrogens with zero attached hydrogens (tertiary/aromatic N) is 1. The fraction of sp³-hybridized carbons (Fsp3) is 0.750. The zero-order valence-electron chi connectivity index (χ0n) is 10.5. The molecule has 0 aromatic rings. The zero-order chi connectivity index (χ0) is 13.3. The summed E-state index contributed by atoms with van der Waals surface area (Å²) in [4.78, 5) is 25.4. The normalized spacial score (nSPS) is 33.6. The average Bonchev–Trinajstić information content (AvgIpc) is 2.31. The van der Waals surface area contributed by atoms with Gasteiger partial charge in [-0.25, -0.2) is 0 Å². The molecule has 2 aliphatic rings. The van der Waals surface area contributed by atoms with E-state index in [1.165, 1.54) is 4.90 Å². The summed E-state index contributed by atoms with van der Waals surface area (Å²) in [6.07, 6.45) is 3.19. The third kappa shape index (κ3) is 2.14. The maximum atomic E-state index is 12.0. The summed E-state index contributed by atoms with van der Waals surface area (Å²) >= 11 is 5.14. The lowest BCUT2D eigenvalue weighted by Gasteiger charge is -2.46. The molecule has 0 aromatic heterocycles. The van der Waals surface area contributed by atoms with Crippen molar-refractivity contribution in [3.05, 3.63) is 0 Å². The maximum absolute atomic E-state index is 12.0. The molecule has 1 aliphatic heterocycles. The van der Waals surface area contributed by atoms with Crippen LogP contribution in [0.5, 0.6) is 0 Å². The highest BCUT2D eigenvalue weighted by Gasteiger charge is 2.48. The van der Waals surface area contributed by atoms with Crippen LogP contribution in [0.25, 0.3) is 0 Å². The molecule has 0 unspecified atom stereocenters. The minimum Gasteiger partial charge on any atom is -0.391 e. The molecule has 0 spiro atoms. The number of rotatable bonds is 2. The van der Waals surface area contributed by atoms with Crippen molar-refractivity contribution in [3.8, 4) is 0 Å². The standard InChI is InChI=1S/C12H18N2O3S/c1-8-2-4-12(5-3-8,11(13)18)14-9(15)6-17-7-10(14)16/h8H,2-7H2,1H3,(H2,13,18). The summed E-state index contributed by atoms with van der Waals surface area (Å²) in [6, 6.07) is 0. The van der Waals surface area contributed by atoms with E-state index in [-0.39, 0.29) is 30.0 Å². The Morgan fingerprint density at radius 3 is 2.28 bits per heavy atom. The van der Waals surface area contributed by atoms with Crippen molar-refractivity contribution in [2.75, 3.05) is 13.2 Å². The van der Waals surface area contributed by atoms with E-state index in [9.17, 15) is 9.59 Å². The molecule has 0 aromatic carbocycles. The van der Waals surface area contributed by atoms with Gasteiger partial charge >= 0.3 is 0 Å². The van der Waals surface area contributed by atoms with Crippen LogP contribution < -0.4 is 5.73 Å². The summed E-state index contributed by atoms with van der Waals surface area (Å²) in [5.41, 5.74) is 5.08. The predicted octanol–water partition coefficient (Wildman–Crippen LogP) is 0.607. The fourth-order valence-corrected chi connectivity index (χ4v) is 3.09. The molecule has 1 saturated heterocycles. The first kappa shape index (κ1) is 13.4. The molecule has 5 nitrogen and oxygen atoms in total. The van der Waals surface area contributed by atoms with Gasteiger partial charge in [0, 0.05) is 0 Å². The van der Waals surface area contributed by atoms with Gasteiger partial charge in [-0.15, -0.1) is 0 Å². The molecule has 2 amide bonds. The molecule has 100 valence electrons. The van der Waals surface area contributed by atoms with Crippen LogP contribution >= 0.6 is 12.2 Å². The van der Waals surface area contributed by atoms with Gasteiger partial charge in [-0.1, -0.05) is 19.1 Å². The third-order valence-electron chi connectivity index (χ3n) is 3.94. The van der Waals surface area contributed by atoms with Crippen LogP contribution in [0.4, 0.5) is 0 Å². The smallest absolute Gasteiger partial charge is 0.256 e. The quantitative estimate of drug-likeness (QED) is 0.588. The third-order valence-corrected chi connectivity index (χ3v) is 4.32. The number of carbonyl (C=O) groups is 2. The molecular formula is C12H18N2O3S. The summed E-state index contributed by atoms with van der Waals surface area (Å²) in [6.45, 7) is 2.03. The van der Waals surface area contributed by atoms with Gasteiger partial charge in [-0.3, -0.25) is 14.5 Å². The van der Waals surface area contributed by atoms with Gasteiger partial charge in [-0.2, -0.15) is 0 Å². The lowest BCUT2D eigenvalue weighted by atomic mass is 9.75. The molecule has 1 aliphatic carbocycles. The van der Waals surface area contributed by atoms with Crippen molar-refractivity contribution < 1.29 is 14.3 Å². The first-order valence-electron chi connectivity index (χ1n) is 6.21. The van der Waals surface area contributed by atoms with Gasteiger partial charge in [0.2, 0.25) is 0 Å². The molecule has 6 heteroatoms. The van der Waals surface area contributed by atoms with Crippen LogP contribution in [0.15, 0.2) is 0 Å². The summed E-state index contributed by atoms with van der Waals surface area (Å²) in [5, 5.41) is 0. The Morgan fingerprint density at radius 1 is 1.33 bits per heavy atom. The summed E-state index contributed by atoms with van der Waals surface area (Å²) < 4.78 is 4.94. The van der Waals surface area contributed by atoms with E-state index in [1.54, 1.807) is 0 Å². The minimum atomic E-state index is -0.764. The van der Waals surface area contributed by atoms with Gasteiger partial charge in [0.1, 0.15) is 18.8 Å². The first-order valence-corrected chi connectivity index (χ1v) is 6.62. The van der Waals surface area contributed by atoms with Crippen LogP contribution in [0.1, 0.15) is 32.6 Å². The van der Waals surface area contributed by atoms with E-state index in [2.05, 4.69) is 6.92 Å². The van der Waals surface area contributed by atoms with Crippen molar-refractivity contribution in [2.45, 2.75) is 38.1 Å². The van der Waals surface area contributed by atoms with Crippen molar-refractivity contribution >= 4 is 29.0 Å². The van der Waals surface area contributed by atoms with Gasteiger partial charge in [0.05, 0.1) is 4.99 Å². The molecule has 0 atom stereocenters. The lowest BCUT2D eigenvalue weighted by molar-refractivity contribution is -0.165. The molecule has 0 bridgehead atoms. The summed E-state index contributed by atoms with van der Waals surface area (Å²) in [7, 11) is 0. The maximum Gasteiger partial charge on any atom is 0.256 e. The van der Waals surface area contributed by atoms with Crippen LogP contribution in [0.2, 0.25) is 0 Å². The Labute approximate surface area is 112 Å². The van der Waals surface area contributed by atoms with Crippen LogP contribution in [0, 0.1) is 5.92 Å². The Hall–Kier alpha value is -1.01. The number of imide groups is 1. The second-order valence-electron chi connectivity index (χ2n) is 5.19. The first-order chi connectivity index (χ1) is 8.47. The molecule has 2 fully saturated rings. The average molecular weight is 270 g/mol. The topological polar surface area (TPSA) is 72.6 Å². The predicted molar refractivity (Wildman–Crippen MR) is 69.8 cm³/mol. The van der Waals surface area contributed by atoms with Crippen LogP contribution in [-0.4, -0.2) is 40.5 Å². The SMILES string of the molecule is CC1CCC(C(N)=S)(N2C(=O)COCC2=O)CC1. The lowest BCUT2D eigenvalue weighted by Crippen LogP contribution is -2.65.